The van der Waals surface area contributed by atoms with Crippen LogP contribution in [0.15, 0.2) is 59.7 Å². The summed E-state index contributed by atoms with van der Waals surface area (Å²) in [5, 5.41) is 6.32. The molecule has 0 saturated carbocycles. The fourth-order valence-corrected chi connectivity index (χ4v) is 1.83. The fraction of sp³-hybridized carbons (Fsp3) is 0.235. The van der Waals surface area contributed by atoms with Gasteiger partial charge in [0.1, 0.15) is 0 Å². The summed E-state index contributed by atoms with van der Waals surface area (Å²) in [5.74, 6) is 0.568. The molecule has 0 bridgehead atoms. The Kier molecular flexibility index (Phi) is 4.35. The van der Waals surface area contributed by atoms with Gasteiger partial charge in [0.05, 0.1) is 11.9 Å². The summed E-state index contributed by atoms with van der Waals surface area (Å²) >= 11 is 0. The van der Waals surface area contributed by atoms with E-state index in [4.69, 9.17) is 0 Å². The Morgan fingerprint density at radius 2 is 1.58 bits per heavy atom. The van der Waals surface area contributed by atoms with Crippen LogP contribution in [0.1, 0.15) is 30.9 Å². The van der Waals surface area contributed by atoms with Gasteiger partial charge in [-0.1, -0.05) is 56.3 Å². The first kappa shape index (κ1) is 13.3. The maximum absolute atomic E-state index is 4.45. The lowest BCUT2D eigenvalue weighted by Gasteiger charge is -2.12. The molecule has 2 aromatic carbocycles. The van der Waals surface area contributed by atoms with Crippen molar-refractivity contribution >= 4 is 11.9 Å². The van der Waals surface area contributed by atoms with Gasteiger partial charge in [0.2, 0.25) is 0 Å². The third-order valence-electron chi connectivity index (χ3n) is 3.11. The standard InChI is InChI=1S/C17H20N2/c1-14(2)16-11-9-15(10-12-16)13-18-19(3)17-7-5-4-6-8-17/h4-14H,1-3H3/b18-13+. The number of para-hydroxylation sites is 1. The van der Waals surface area contributed by atoms with Gasteiger partial charge in [-0.05, 0) is 29.2 Å². The number of rotatable bonds is 4. The molecule has 0 aromatic heterocycles. The zero-order chi connectivity index (χ0) is 13.7. The van der Waals surface area contributed by atoms with Gasteiger partial charge in [0.25, 0.3) is 0 Å². The zero-order valence-corrected chi connectivity index (χ0v) is 11.7. The van der Waals surface area contributed by atoms with E-state index in [-0.39, 0.29) is 0 Å². The van der Waals surface area contributed by atoms with Gasteiger partial charge < -0.3 is 0 Å². The van der Waals surface area contributed by atoms with Gasteiger partial charge in [-0.25, -0.2) is 0 Å². The topological polar surface area (TPSA) is 15.6 Å². The smallest absolute Gasteiger partial charge is 0.0590 e. The minimum absolute atomic E-state index is 0.568. The van der Waals surface area contributed by atoms with Gasteiger partial charge in [-0.2, -0.15) is 5.10 Å². The minimum atomic E-state index is 0.568. The highest BCUT2D eigenvalue weighted by Gasteiger charge is 1.98. The number of hydrogen-bond acceptors (Lipinski definition) is 2. The molecule has 0 radical (unpaired) electrons. The number of hydrogen-bond donors (Lipinski definition) is 0. The molecular weight excluding hydrogens is 232 g/mol. The average molecular weight is 252 g/mol. The molecule has 2 rings (SSSR count). The highest BCUT2D eigenvalue weighted by Crippen LogP contribution is 2.14. The molecule has 98 valence electrons. The first-order valence-electron chi connectivity index (χ1n) is 6.59. The Hall–Kier alpha value is -2.09. The SMILES string of the molecule is CC(C)c1ccc(/C=N/N(C)c2ccccc2)cc1. The fourth-order valence-electron chi connectivity index (χ4n) is 1.83. The van der Waals surface area contributed by atoms with Crippen LogP contribution in [0, 0.1) is 0 Å². The lowest BCUT2D eigenvalue weighted by atomic mass is 10.0. The van der Waals surface area contributed by atoms with Crippen molar-refractivity contribution in [2.24, 2.45) is 5.10 Å². The molecule has 2 aromatic rings. The van der Waals surface area contributed by atoms with E-state index >= 15 is 0 Å². The third kappa shape index (κ3) is 3.68. The first-order chi connectivity index (χ1) is 9.16. The molecule has 0 aliphatic rings. The van der Waals surface area contributed by atoms with Crippen LogP contribution >= 0.6 is 0 Å². The summed E-state index contributed by atoms with van der Waals surface area (Å²) in [7, 11) is 1.95. The van der Waals surface area contributed by atoms with E-state index in [1.807, 2.05) is 48.6 Å². The molecule has 0 spiro atoms. The largest absolute Gasteiger partial charge is 0.269 e. The molecule has 2 nitrogen and oxygen atoms in total. The summed E-state index contributed by atoms with van der Waals surface area (Å²) in [6, 6.07) is 18.7. The second-order valence-corrected chi connectivity index (χ2v) is 4.93. The number of benzene rings is 2. The minimum Gasteiger partial charge on any atom is -0.269 e. The molecule has 0 saturated heterocycles. The van der Waals surface area contributed by atoms with Crippen molar-refractivity contribution in [3.8, 4) is 0 Å². The van der Waals surface area contributed by atoms with Crippen molar-refractivity contribution < 1.29 is 0 Å². The zero-order valence-electron chi connectivity index (χ0n) is 11.7. The maximum Gasteiger partial charge on any atom is 0.0590 e. The summed E-state index contributed by atoms with van der Waals surface area (Å²) < 4.78 is 0. The summed E-state index contributed by atoms with van der Waals surface area (Å²) in [6.07, 6.45) is 1.89. The molecule has 0 aliphatic carbocycles. The van der Waals surface area contributed by atoms with Crippen LogP contribution in [0.2, 0.25) is 0 Å². The van der Waals surface area contributed by atoms with Gasteiger partial charge in [-0.15, -0.1) is 0 Å². The Morgan fingerprint density at radius 1 is 0.947 bits per heavy atom. The molecule has 0 unspecified atom stereocenters. The van der Waals surface area contributed by atoms with Crippen molar-refractivity contribution in [1.29, 1.82) is 0 Å². The molecule has 19 heavy (non-hydrogen) atoms. The van der Waals surface area contributed by atoms with E-state index < -0.39 is 0 Å². The van der Waals surface area contributed by atoms with E-state index in [1.54, 1.807) is 0 Å². The van der Waals surface area contributed by atoms with Crippen molar-refractivity contribution in [2.75, 3.05) is 12.1 Å². The molecule has 0 aliphatic heterocycles. The lowest BCUT2D eigenvalue weighted by molar-refractivity contribution is 0.866. The second kappa shape index (κ2) is 6.19. The molecule has 0 N–H and O–H groups in total. The Morgan fingerprint density at radius 3 is 2.16 bits per heavy atom. The van der Waals surface area contributed by atoms with Crippen molar-refractivity contribution in [3.05, 3.63) is 65.7 Å². The Bertz CT molecular complexity index is 527. The van der Waals surface area contributed by atoms with Crippen LogP contribution in [0.3, 0.4) is 0 Å². The first-order valence-corrected chi connectivity index (χ1v) is 6.59. The van der Waals surface area contributed by atoms with Crippen molar-refractivity contribution in [3.63, 3.8) is 0 Å². The van der Waals surface area contributed by atoms with Gasteiger partial charge in [0, 0.05) is 7.05 Å². The Balaban J connectivity index is 2.06. The monoisotopic (exact) mass is 252 g/mol. The summed E-state index contributed by atoms with van der Waals surface area (Å²) in [4.78, 5) is 0. The van der Waals surface area contributed by atoms with Crippen molar-refractivity contribution in [2.45, 2.75) is 19.8 Å². The Labute approximate surface area is 115 Å². The molecular formula is C17H20N2. The quantitative estimate of drug-likeness (QED) is 0.585. The van der Waals surface area contributed by atoms with E-state index in [9.17, 15) is 0 Å². The maximum atomic E-state index is 4.45. The number of nitrogens with zero attached hydrogens (tertiary/aromatic N) is 2. The highest BCUT2D eigenvalue weighted by atomic mass is 15.4. The van der Waals surface area contributed by atoms with Crippen LogP contribution in [0.4, 0.5) is 5.69 Å². The van der Waals surface area contributed by atoms with Crippen LogP contribution < -0.4 is 5.01 Å². The van der Waals surface area contributed by atoms with E-state index in [0.29, 0.717) is 5.92 Å². The average Bonchev–Trinajstić information content (AvgIpc) is 2.46. The number of anilines is 1. The number of hydrazone groups is 1. The third-order valence-corrected chi connectivity index (χ3v) is 3.11. The summed E-state index contributed by atoms with van der Waals surface area (Å²) in [6.45, 7) is 4.40. The van der Waals surface area contributed by atoms with E-state index in [1.165, 1.54) is 5.56 Å². The molecule has 2 heteroatoms. The highest BCUT2D eigenvalue weighted by molar-refractivity contribution is 5.80. The van der Waals surface area contributed by atoms with Gasteiger partial charge >= 0.3 is 0 Å². The molecule has 0 amide bonds. The predicted octanol–water partition coefficient (Wildman–Crippen LogP) is 4.28. The van der Waals surface area contributed by atoms with Gasteiger partial charge in [-0.3, -0.25) is 5.01 Å². The molecule has 0 heterocycles. The lowest BCUT2D eigenvalue weighted by Crippen LogP contribution is -2.08. The van der Waals surface area contributed by atoms with Crippen LogP contribution in [0.5, 0.6) is 0 Å². The van der Waals surface area contributed by atoms with Crippen LogP contribution in [-0.2, 0) is 0 Å². The van der Waals surface area contributed by atoms with Crippen LogP contribution in [-0.4, -0.2) is 13.3 Å². The molecule has 0 atom stereocenters. The van der Waals surface area contributed by atoms with Gasteiger partial charge in [0.15, 0.2) is 0 Å². The van der Waals surface area contributed by atoms with Crippen LogP contribution in [0.25, 0.3) is 0 Å². The second-order valence-electron chi connectivity index (χ2n) is 4.93. The molecule has 0 fully saturated rings. The van der Waals surface area contributed by atoms with Crippen molar-refractivity contribution in [1.82, 2.24) is 0 Å². The summed E-state index contributed by atoms with van der Waals surface area (Å²) in [5.41, 5.74) is 3.55. The predicted molar refractivity (Wildman–Crippen MR) is 83.0 cm³/mol. The van der Waals surface area contributed by atoms with E-state index in [0.717, 1.165) is 11.3 Å². The normalized spacial score (nSPS) is 11.2. The van der Waals surface area contributed by atoms with E-state index in [2.05, 4.69) is 43.2 Å².